The second kappa shape index (κ2) is 5.30. The summed E-state index contributed by atoms with van der Waals surface area (Å²) in [6.07, 6.45) is 1.52. The van der Waals surface area contributed by atoms with Crippen molar-refractivity contribution >= 4 is 0 Å². The molecule has 1 fully saturated rings. The molecule has 0 radical (unpaired) electrons. The zero-order valence-electron chi connectivity index (χ0n) is 10.4. The predicted molar refractivity (Wildman–Crippen MR) is 60.5 cm³/mol. The van der Waals surface area contributed by atoms with Crippen LogP contribution in [0.15, 0.2) is 4.52 Å². The zero-order chi connectivity index (χ0) is 13.2. The molecule has 1 aromatic heterocycles. The summed E-state index contributed by atoms with van der Waals surface area (Å²) >= 11 is 0. The SMILES string of the molecule is CC(O)CCc1nc(C2CCCC(F)(F)C2)no1. The van der Waals surface area contributed by atoms with Gasteiger partial charge < -0.3 is 9.63 Å². The summed E-state index contributed by atoms with van der Waals surface area (Å²) in [7, 11) is 0. The molecule has 1 aliphatic carbocycles. The summed E-state index contributed by atoms with van der Waals surface area (Å²) in [5, 5.41) is 12.9. The number of alkyl halides is 2. The van der Waals surface area contributed by atoms with Crippen LogP contribution in [0.1, 0.15) is 56.7 Å². The van der Waals surface area contributed by atoms with Crippen molar-refractivity contribution in [2.75, 3.05) is 0 Å². The van der Waals surface area contributed by atoms with E-state index in [1.165, 1.54) is 0 Å². The van der Waals surface area contributed by atoms with Gasteiger partial charge in [-0.25, -0.2) is 8.78 Å². The summed E-state index contributed by atoms with van der Waals surface area (Å²) in [6, 6.07) is 0. The Hall–Kier alpha value is -1.04. The molecule has 1 aromatic rings. The summed E-state index contributed by atoms with van der Waals surface area (Å²) in [5.74, 6) is -2.11. The van der Waals surface area contributed by atoms with Crippen LogP contribution in [-0.2, 0) is 6.42 Å². The van der Waals surface area contributed by atoms with Gasteiger partial charge in [0.25, 0.3) is 0 Å². The molecule has 6 heteroatoms. The Morgan fingerprint density at radius 3 is 3.00 bits per heavy atom. The third-order valence-electron chi connectivity index (χ3n) is 3.27. The van der Waals surface area contributed by atoms with Crippen molar-refractivity contribution in [3.63, 3.8) is 0 Å². The van der Waals surface area contributed by atoms with Crippen LogP contribution in [0.3, 0.4) is 0 Å². The van der Waals surface area contributed by atoms with E-state index in [0.717, 1.165) is 0 Å². The van der Waals surface area contributed by atoms with Crippen LogP contribution in [0.4, 0.5) is 8.78 Å². The van der Waals surface area contributed by atoms with E-state index < -0.39 is 12.0 Å². The van der Waals surface area contributed by atoms with Gasteiger partial charge in [-0.15, -0.1) is 0 Å². The summed E-state index contributed by atoms with van der Waals surface area (Å²) < 4.78 is 31.6. The molecular weight excluding hydrogens is 242 g/mol. The largest absolute Gasteiger partial charge is 0.393 e. The average Bonchev–Trinajstić information content (AvgIpc) is 2.73. The fourth-order valence-electron chi connectivity index (χ4n) is 2.26. The van der Waals surface area contributed by atoms with E-state index in [2.05, 4.69) is 10.1 Å². The molecule has 1 aliphatic rings. The highest BCUT2D eigenvalue weighted by Gasteiger charge is 2.38. The molecular formula is C12H18F2N2O2. The first-order chi connectivity index (χ1) is 8.46. The number of nitrogens with zero attached hydrogens (tertiary/aromatic N) is 2. The maximum atomic E-state index is 13.3. The maximum Gasteiger partial charge on any atom is 0.248 e. The molecule has 0 amide bonds. The number of aliphatic hydroxyl groups is 1. The van der Waals surface area contributed by atoms with Crippen molar-refractivity contribution in [1.29, 1.82) is 0 Å². The lowest BCUT2D eigenvalue weighted by atomic mass is 9.86. The molecule has 0 aromatic carbocycles. The summed E-state index contributed by atoms with van der Waals surface area (Å²) in [4.78, 5) is 4.15. The number of hydrogen-bond acceptors (Lipinski definition) is 4. The molecule has 1 N–H and O–H groups in total. The van der Waals surface area contributed by atoms with E-state index >= 15 is 0 Å². The predicted octanol–water partition coefficient (Wildman–Crippen LogP) is 2.68. The van der Waals surface area contributed by atoms with Gasteiger partial charge in [0.05, 0.1) is 6.10 Å². The molecule has 1 saturated carbocycles. The van der Waals surface area contributed by atoms with Crippen molar-refractivity contribution in [1.82, 2.24) is 10.1 Å². The monoisotopic (exact) mass is 260 g/mol. The number of halogens is 2. The minimum absolute atomic E-state index is 0.0454. The third-order valence-corrected chi connectivity index (χ3v) is 3.27. The molecule has 2 rings (SSSR count). The number of hydrogen-bond donors (Lipinski definition) is 1. The van der Waals surface area contributed by atoms with Gasteiger partial charge >= 0.3 is 0 Å². The number of aromatic nitrogens is 2. The van der Waals surface area contributed by atoms with E-state index in [4.69, 9.17) is 9.63 Å². The van der Waals surface area contributed by atoms with E-state index in [1.807, 2.05) is 0 Å². The van der Waals surface area contributed by atoms with Crippen molar-refractivity contribution in [3.05, 3.63) is 11.7 Å². The van der Waals surface area contributed by atoms with Crippen LogP contribution in [0.5, 0.6) is 0 Å². The van der Waals surface area contributed by atoms with Crippen LogP contribution in [-0.4, -0.2) is 27.3 Å². The Kier molecular flexibility index (Phi) is 3.94. The highest BCUT2D eigenvalue weighted by atomic mass is 19.3. The van der Waals surface area contributed by atoms with Gasteiger partial charge in [-0.3, -0.25) is 0 Å². The molecule has 102 valence electrons. The fraction of sp³-hybridized carbons (Fsp3) is 0.833. The van der Waals surface area contributed by atoms with E-state index in [-0.39, 0.29) is 18.8 Å². The van der Waals surface area contributed by atoms with E-state index in [1.54, 1.807) is 6.92 Å². The van der Waals surface area contributed by atoms with Crippen molar-refractivity contribution in [2.45, 2.75) is 63.4 Å². The Balaban J connectivity index is 1.97. The van der Waals surface area contributed by atoms with Gasteiger partial charge in [-0.1, -0.05) is 5.16 Å². The maximum absolute atomic E-state index is 13.3. The Bertz CT molecular complexity index is 393. The topological polar surface area (TPSA) is 59.2 Å². The Morgan fingerprint density at radius 1 is 1.56 bits per heavy atom. The first kappa shape index (κ1) is 13.4. The van der Waals surface area contributed by atoms with Gasteiger partial charge in [0.15, 0.2) is 5.82 Å². The lowest BCUT2D eigenvalue weighted by Gasteiger charge is -2.26. The molecule has 2 atom stereocenters. The second-order valence-corrected chi connectivity index (χ2v) is 5.08. The van der Waals surface area contributed by atoms with Crippen LogP contribution in [0, 0.1) is 0 Å². The Morgan fingerprint density at radius 2 is 2.33 bits per heavy atom. The standard InChI is InChI=1S/C12H18F2N2O2/c1-8(17)4-5-10-15-11(16-18-10)9-3-2-6-12(13,14)7-9/h8-9,17H,2-7H2,1H3. The normalized spacial score (nSPS) is 25.0. The van der Waals surface area contributed by atoms with Crippen molar-refractivity contribution in [3.8, 4) is 0 Å². The highest BCUT2D eigenvalue weighted by Crippen LogP contribution is 2.40. The number of rotatable bonds is 4. The lowest BCUT2D eigenvalue weighted by molar-refractivity contribution is -0.0418. The average molecular weight is 260 g/mol. The van der Waals surface area contributed by atoms with Crippen LogP contribution in [0.25, 0.3) is 0 Å². The molecule has 0 bridgehead atoms. The third kappa shape index (κ3) is 3.48. The molecule has 1 heterocycles. The van der Waals surface area contributed by atoms with Crippen LogP contribution >= 0.6 is 0 Å². The smallest absolute Gasteiger partial charge is 0.248 e. The fourth-order valence-corrected chi connectivity index (χ4v) is 2.26. The molecule has 0 spiro atoms. The molecule has 4 nitrogen and oxygen atoms in total. The van der Waals surface area contributed by atoms with Gasteiger partial charge in [0, 0.05) is 25.2 Å². The quantitative estimate of drug-likeness (QED) is 0.904. The molecule has 2 unspecified atom stereocenters. The lowest BCUT2D eigenvalue weighted by Crippen LogP contribution is -2.25. The van der Waals surface area contributed by atoms with E-state index in [9.17, 15) is 8.78 Å². The highest BCUT2D eigenvalue weighted by molar-refractivity contribution is 5.00. The number of aryl methyl sites for hydroxylation is 1. The summed E-state index contributed by atoms with van der Waals surface area (Å²) in [5.41, 5.74) is 0. The zero-order valence-corrected chi connectivity index (χ0v) is 10.4. The van der Waals surface area contributed by atoms with Gasteiger partial charge in [0.2, 0.25) is 11.8 Å². The summed E-state index contributed by atoms with van der Waals surface area (Å²) in [6.45, 7) is 1.68. The van der Waals surface area contributed by atoms with Crippen LogP contribution in [0.2, 0.25) is 0 Å². The van der Waals surface area contributed by atoms with Crippen LogP contribution < -0.4 is 0 Å². The second-order valence-electron chi connectivity index (χ2n) is 5.08. The van der Waals surface area contributed by atoms with Crippen molar-refractivity contribution in [2.24, 2.45) is 0 Å². The van der Waals surface area contributed by atoms with Crippen molar-refractivity contribution < 1.29 is 18.4 Å². The van der Waals surface area contributed by atoms with Gasteiger partial charge in [-0.05, 0) is 26.2 Å². The molecule has 18 heavy (non-hydrogen) atoms. The minimum atomic E-state index is -2.61. The first-order valence-electron chi connectivity index (χ1n) is 6.35. The molecule has 0 saturated heterocycles. The first-order valence-corrected chi connectivity index (χ1v) is 6.35. The number of aliphatic hydroxyl groups excluding tert-OH is 1. The molecule has 0 aliphatic heterocycles. The van der Waals surface area contributed by atoms with Gasteiger partial charge in [0.1, 0.15) is 0 Å². The van der Waals surface area contributed by atoms with E-state index in [0.29, 0.717) is 37.4 Å². The van der Waals surface area contributed by atoms with Gasteiger partial charge in [-0.2, -0.15) is 4.98 Å². The minimum Gasteiger partial charge on any atom is -0.393 e. The Labute approximate surface area is 104 Å².